The molecule has 6 nitrogen and oxygen atoms in total. The van der Waals surface area contributed by atoms with Gasteiger partial charge in [0.1, 0.15) is 0 Å². The van der Waals surface area contributed by atoms with E-state index >= 15 is 0 Å². The predicted octanol–water partition coefficient (Wildman–Crippen LogP) is 1.09. The van der Waals surface area contributed by atoms with Crippen molar-refractivity contribution in [2.24, 2.45) is 5.92 Å². The molecule has 1 saturated heterocycles. The number of hydrogen-bond donors (Lipinski definition) is 1. The molecule has 0 spiro atoms. The molecule has 0 saturated carbocycles. The standard InChI is InChI=1S/C13H21N3O3/c1-18-11-8-12(19-2)15-13(14-11)16-6-3-4-10(9-16)5-7-17/h8,10,17H,3-7,9H2,1-2H3. The van der Waals surface area contributed by atoms with E-state index in [9.17, 15) is 0 Å². The normalized spacial score (nSPS) is 19.3. The molecule has 2 rings (SSSR count). The van der Waals surface area contributed by atoms with E-state index in [-0.39, 0.29) is 6.61 Å². The van der Waals surface area contributed by atoms with Gasteiger partial charge in [-0.15, -0.1) is 0 Å². The third-order valence-electron chi connectivity index (χ3n) is 3.42. The summed E-state index contributed by atoms with van der Waals surface area (Å²) in [6.45, 7) is 2.04. The van der Waals surface area contributed by atoms with Crippen LogP contribution in [0.1, 0.15) is 19.3 Å². The van der Waals surface area contributed by atoms with Gasteiger partial charge in [-0.05, 0) is 25.2 Å². The van der Waals surface area contributed by atoms with E-state index in [1.54, 1.807) is 20.3 Å². The van der Waals surface area contributed by atoms with Gasteiger partial charge in [0.2, 0.25) is 17.7 Å². The fourth-order valence-electron chi connectivity index (χ4n) is 2.41. The summed E-state index contributed by atoms with van der Waals surface area (Å²) in [4.78, 5) is 10.9. The number of aliphatic hydroxyl groups excluding tert-OH is 1. The van der Waals surface area contributed by atoms with Crippen LogP contribution in [-0.2, 0) is 0 Å². The number of ether oxygens (including phenoxy) is 2. The van der Waals surface area contributed by atoms with E-state index < -0.39 is 0 Å². The van der Waals surface area contributed by atoms with Crippen molar-refractivity contribution >= 4 is 5.95 Å². The summed E-state index contributed by atoms with van der Waals surface area (Å²) in [7, 11) is 3.16. The summed E-state index contributed by atoms with van der Waals surface area (Å²) in [6, 6.07) is 1.67. The van der Waals surface area contributed by atoms with Crippen LogP contribution in [0, 0.1) is 5.92 Å². The molecular formula is C13H21N3O3. The highest BCUT2D eigenvalue weighted by Gasteiger charge is 2.22. The largest absolute Gasteiger partial charge is 0.481 e. The highest BCUT2D eigenvalue weighted by Crippen LogP contribution is 2.25. The van der Waals surface area contributed by atoms with Gasteiger partial charge in [0.05, 0.1) is 20.3 Å². The van der Waals surface area contributed by atoms with Crippen LogP contribution in [-0.4, -0.2) is 49.0 Å². The van der Waals surface area contributed by atoms with Crippen LogP contribution >= 0.6 is 0 Å². The summed E-state index contributed by atoms with van der Waals surface area (Å²) < 4.78 is 10.3. The minimum Gasteiger partial charge on any atom is -0.481 e. The number of methoxy groups -OCH3 is 2. The van der Waals surface area contributed by atoms with Crippen molar-refractivity contribution in [1.82, 2.24) is 9.97 Å². The molecule has 1 aliphatic heterocycles. The van der Waals surface area contributed by atoms with Crippen molar-refractivity contribution in [1.29, 1.82) is 0 Å². The second-order valence-corrected chi connectivity index (χ2v) is 4.72. The Hall–Kier alpha value is -1.56. The van der Waals surface area contributed by atoms with Gasteiger partial charge in [0.25, 0.3) is 0 Å². The van der Waals surface area contributed by atoms with Crippen molar-refractivity contribution in [2.45, 2.75) is 19.3 Å². The minimum atomic E-state index is 0.237. The zero-order valence-electron chi connectivity index (χ0n) is 11.5. The molecule has 0 radical (unpaired) electrons. The van der Waals surface area contributed by atoms with E-state index in [0.29, 0.717) is 23.6 Å². The Kier molecular flexibility index (Phi) is 4.79. The van der Waals surface area contributed by atoms with E-state index in [2.05, 4.69) is 14.9 Å². The van der Waals surface area contributed by atoms with Crippen LogP contribution in [0.4, 0.5) is 5.95 Å². The molecule has 1 aromatic heterocycles. The number of aliphatic hydroxyl groups is 1. The van der Waals surface area contributed by atoms with Crippen molar-refractivity contribution < 1.29 is 14.6 Å². The lowest BCUT2D eigenvalue weighted by Crippen LogP contribution is -2.37. The van der Waals surface area contributed by atoms with Crippen molar-refractivity contribution in [3.63, 3.8) is 0 Å². The van der Waals surface area contributed by atoms with Crippen LogP contribution < -0.4 is 14.4 Å². The quantitative estimate of drug-likeness (QED) is 0.861. The molecule has 0 bridgehead atoms. The van der Waals surface area contributed by atoms with Crippen LogP contribution in [0.25, 0.3) is 0 Å². The molecule has 19 heavy (non-hydrogen) atoms. The lowest BCUT2D eigenvalue weighted by Gasteiger charge is -2.32. The molecule has 6 heteroatoms. The fourth-order valence-corrected chi connectivity index (χ4v) is 2.41. The molecule has 1 atom stereocenters. The zero-order chi connectivity index (χ0) is 13.7. The fraction of sp³-hybridized carbons (Fsp3) is 0.692. The van der Waals surface area contributed by atoms with Crippen molar-refractivity contribution in [3.8, 4) is 11.8 Å². The van der Waals surface area contributed by atoms with E-state index in [0.717, 1.165) is 32.4 Å². The topological polar surface area (TPSA) is 67.7 Å². The first-order valence-electron chi connectivity index (χ1n) is 6.59. The molecule has 1 aromatic rings. The van der Waals surface area contributed by atoms with Gasteiger partial charge >= 0.3 is 0 Å². The van der Waals surface area contributed by atoms with Gasteiger partial charge < -0.3 is 19.5 Å². The van der Waals surface area contributed by atoms with Crippen molar-refractivity contribution in [2.75, 3.05) is 38.8 Å². The van der Waals surface area contributed by atoms with Crippen LogP contribution in [0.2, 0.25) is 0 Å². The molecule has 1 fully saturated rings. The zero-order valence-corrected chi connectivity index (χ0v) is 11.5. The second-order valence-electron chi connectivity index (χ2n) is 4.72. The first-order valence-corrected chi connectivity index (χ1v) is 6.59. The molecular weight excluding hydrogens is 246 g/mol. The maximum Gasteiger partial charge on any atom is 0.231 e. The Morgan fingerprint density at radius 1 is 1.32 bits per heavy atom. The van der Waals surface area contributed by atoms with Crippen LogP contribution in [0.5, 0.6) is 11.8 Å². The van der Waals surface area contributed by atoms with Gasteiger partial charge in [0.15, 0.2) is 0 Å². The SMILES string of the molecule is COc1cc(OC)nc(N2CCCC(CCO)C2)n1. The monoisotopic (exact) mass is 267 g/mol. The van der Waals surface area contributed by atoms with Gasteiger partial charge in [0, 0.05) is 19.7 Å². The minimum absolute atomic E-state index is 0.237. The Labute approximate surface area is 113 Å². The molecule has 0 amide bonds. The van der Waals surface area contributed by atoms with Crippen LogP contribution in [0.3, 0.4) is 0 Å². The molecule has 1 aliphatic rings. The van der Waals surface area contributed by atoms with E-state index in [1.807, 2.05) is 0 Å². The van der Waals surface area contributed by atoms with Gasteiger partial charge in [-0.2, -0.15) is 9.97 Å². The maximum absolute atomic E-state index is 9.05. The Morgan fingerprint density at radius 2 is 2.00 bits per heavy atom. The molecule has 1 unspecified atom stereocenters. The predicted molar refractivity (Wildman–Crippen MR) is 71.8 cm³/mol. The lowest BCUT2D eigenvalue weighted by molar-refractivity contribution is 0.243. The number of anilines is 1. The summed E-state index contributed by atoms with van der Waals surface area (Å²) in [5.74, 6) is 2.15. The smallest absolute Gasteiger partial charge is 0.231 e. The van der Waals surface area contributed by atoms with Gasteiger partial charge in [-0.25, -0.2) is 0 Å². The first-order chi connectivity index (χ1) is 9.26. The molecule has 106 valence electrons. The average molecular weight is 267 g/mol. The molecule has 1 N–H and O–H groups in total. The number of nitrogens with zero attached hydrogens (tertiary/aromatic N) is 3. The molecule has 2 heterocycles. The Bertz CT molecular complexity index is 390. The molecule has 0 aromatic carbocycles. The third kappa shape index (κ3) is 3.47. The summed E-state index contributed by atoms with van der Waals surface area (Å²) in [6.07, 6.45) is 3.07. The van der Waals surface area contributed by atoms with Gasteiger partial charge in [-0.3, -0.25) is 0 Å². The summed E-state index contributed by atoms with van der Waals surface area (Å²) in [5, 5.41) is 9.05. The summed E-state index contributed by atoms with van der Waals surface area (Å²) >= 11 is 0. The van der Waals surface area contributed by atoms with Gasteiger partial charge in [-0.1, -0.05) is 0 Å². The van der Waals surface area contributed by atoms with E-state index in [1.165, 1.54) is 0 Å². The lowest BCUT2D eigenvalue weighted by atomic mass is 9.95. The van der Waals surface area contributed by atoms with Crippen LogP contribution in [0.15, 0.2) is 6.07 Å². The number of hydrogen-bond acceptors (Lipinski definition) is 6. The number of piperidine rings is 1. The summed E-state index contributed by atoms with van der Waals surface area (Å²) in [5.41, 5.74) is 0. The van der Waals surface area contributed by atoms with Crippen molar-refractivity contribution in [3.05, 3.63) is 6.07 Å². The number of rotatable bonds is 5. The number of aromatic nitrogens is 2. The highest BCUT2D eigenvalue weighted by atomic mass is 16.5. The third-order valence-corrected chi connectivity index (χ3v) is 3.42. The first kappa shape index (κ1) is 13.9. The maximum atomic E-state index is 9.05. The highest BCUT2D eigenvalue weighted by molar-refractivity contribution is 5.37. The second kappa shape index (κ2) is 6.56. The van der Waals surface area contributed by atoms with E-state index in [4.69, 9.17) is 14.6 Å². The Morgan fingerprint density at radius 3 is 2.58 bits per heavy atom. The molecule has 0 aliphatic carbocycles. The Balaban J connectivity index is 2.15. The average Bonchev–Trinajstić information content (AvgIpc) is 2.47.